The molecule has 33 heavy (non-hydrogen) atoms. The maximum absolute atomic E-state index is 12.7. The lowest BCUT2D eigenvalue weighted by molar-refractivity contribution is -0.126. The Morgan fingerprint density at radius 2 is 1.79 bits per heavy atom. The Morgan fingerprint density at radius 3 is 2.45 bits per heavy atom. The molecule has 10 heteroatoms. The number of hydrogen-bond acceptors (Lipinski definition) is 8. The van der Waals surface area contributed by atoms with Gasteiger partial charge in [-0.25, -0.2) is 13.4 Å². The topological polar surface area (TPSA) is 89.0 Å². The lowest BCUT2D eigenvalue weighted by Gasteiger charge is -2.34. The molecule has 0 spiro atoms. The van der Waals surface area contributed by atoms with Crippen LogP contribution in [-0.4, -0.2) is 70.9 Å². The van der Waals surface area contributed by atoms with Crippen molar-refractivity contribution in [3.05, 3.63) is 48.0 Å². The van der Waals surface area contributed by atoms with Crippen LogP contribution in [0.4, 0.5) is 5.13 Å². The van der Waals surface area contributed by atoms with Crippen molar-refractivity contribution in [1.82, 2.24) is 9.88 Å². The fourth-order valence-electron chi connectivity index (χ4n) is 3.69. The van der Waals surface area contributed by atoms with Crippen LogP contribution in [0.25, 0.3) is 16.3 Å². The van der Waals surface area contributed by atoms with Crippen LogP contribution in [0.3, 0.4) is 0 Å². The van der Waals surface area contributed by atoms with Gasteiger partial charge in [-0.05, 0) is 35.9 Å². The summed E-state index contributed by atoms with van der Waals surface area (Å²) >= 11 is 1.47. The molecule has 2 aromatic carbocycles. The Morgan fingerprint density at radius 1 is 1.06 bits per heavy atom. The van der Waals surface area contributed by atoms with Gasteiger partial charge in [0.15, 0.2) is 26.5 Å². The monoisotopic (exact) mass is 487 g/mol. The van der Waals surface area contributed by atoms with E-state index in [2.05, 4.69) is 9.88 Å². The van der Waals surface area contributed by atoms with Gasteiger partial charge in [-0.15, -0.1) is 0 Å². The Kier molecular flexibility index (Phi) is 6.57. The van der Waals surface area contributed by atoms with Crippen molar-refractivity contribution < 1.29 is 22.7 Å². The van der Waals surface area contributed by atoms with Crippen LogP contribution in [0.2, 0.25) is 0 Å². The van der Waals surface area contributed by atoms with Crippen molar-refractivity contribution in [2.75, 3.05) is 51.6 Å². The molecule has 2 heterocycles. The summed E-state index contributed by atoms with van der Waals surface area (Å²) in [4.78, 5) is 21.4. The van der Waals surface area contributed by atoms with E-state index in [1.807, 2.05) is 18.2 Å². The van der Waals surface area contributed by atoms with Gasteiger partial charge in [0.2, 0.25) is 5.91 Å². The standard InChI is InChI=1S/C23H25N3O5S2/c1-30-17-9-7-16(15-18(17)31-2)8-10-21(27)25-11-13-26(14-12-25)23-24-22-19(32-23)5-4-6-20(22)33(3,28)29/h4-10,15H,11-14H2,1-3H3/b10-8-. The molecule has 8 nitrogen and oxygen atoms in total. The second kappa shape index (κ2) is 9.40. The number of methoxy groups -OCH3 is 2. The molecule has 1 saturated heterocycles. The number of hydrogen-bond donors (Lipinski definition) is 0. The highest BCUT2D eigenvalue weighted by Gasteiger charge is 2.23. The second-order valence-electron chi connectivity index (χ2n) is 7.63. The summed E-state index contributed by atoms with van der Waals surface area (Å²) in [6.07, 6.45) is 4.52. The van der Waals surface area contributed by atoms with E-state index in [0.29, 0.717) is 43.2 Å². The van der Waals surface area contributed by atoms with Gasteiger partial charge >= 0.3 is 0 Å². The highest BCUT2D eigenvalue weighted by atomic mass is 32.2. The number of piperazine rings is 1. The minimum Gasteiger partial charge on any atom is -0.493 e. The summed E-state index contributed by atoms with van der Waals surface area (Å²) in [6, 6.07) is 10.7. The fraction of sp³-hybridized carbons (Fsp3) is 0.304. The van der Waals surface area contributed by atoms with E-state index in [4.69, 9.17) is 9.47 Å². The number of anilines is 1. The Bertz CT molecular complexity index is 1310. The first kappa shape index (κ1) is 23.1. The van der Waals surface area contributed by atoms with Crippen LogP contribution in [-0.2, 0) is 14.6 Å². The highest BCUT2D eigenvalue weighted by Crippen LogP contribution is 2.33. The van der Waals surface area contributed by atoms with Gasteiger partial charge in [-0.1, -0.05) is 23.5 Å². The molecule has 1 aliphatic rings. The van der Waals surface area contributed by atoms with E-state index >= 15 is 0 Å². The predicted octanol–water partition coefficient (Wildman–Crippen LogP) is 3.08. The van der Waals surface area contributed by atoms with Crippen LogP contribution in [0.15, 0.2) is 47.4 Å². The van der Waals surface area contributed by atoms with Crippen LogP contribution in [0.1, 0.15) is 5.56 Å². The molecule has 0 unspecified atom stereocenters. The van der Waals surface area contributed by atoms with Crippen LogP contribution in [0, 0.1) is 0 Å². The van der Waals surface area contributed by atoms with Gasteiger partial charge < -0.3 is 19.3 Å². The maximum atomic E-state index is 12.7. The first-order chi connectivity index (χ1) is 15.8. The van der Waals surface area contributed by atoms with E-state index in [1.54, 1.807) is 49.5 Å². The van der Waals surface area contributed by atoms with Crippen LogP contribution in [0.5, 0.6) is 11.5 Å². The van der Waals surface area contributed by atoms with Crippen molar-refractivity contribution in [1.29, 1.82) is 0 Å². The normalized spacial score (nSPS) is 14.8. The molecule has 1 aromatic heterocycles. The summed E-state index contributed by atoms with van der Waals surface area (Å²) < 4.78 is 35.5. The zero-order valence-corrected chi connectivity index (χ0v) is 20.3. The molecule has 0 aliphatic carbocycles. The van der Waals surface area contributed by atoms with Crippen LogP contribution < -0.4 is 14.4 Å². The molecule has 4 rings (SSSR count). The van der Waals surface area contributed by atoms with E-state index in [1.165, 1.54) is 17.6 Å². The third-order valence-electron chi connectivity index (χ3n) is 5.46. The molecule has 0 saturated carbocycles. The van der Waals surface area contributed by atoms with Gasteiger partial charge in [0.05, 0.1) is 23.8 Å². The molecule has 1 aliphatic heterocycles. The molecule has 0 bridgehead atoms. The quantitative estimate of drug-likeness (QED) is 0.494. The first-order valence-electron chi connectivity index (χ1n) is 10.3. The molecular formula is C23H25N3O5S2. The molecule has 0 atom stereocenters. The van der Waals surface area contributed by atoms with E-state index in [-0.39, 0.29) is 10.8 Å². The van der Waals surface area contributed by atoms with E-state index < -0.39 is 9.84 Å². The van der Waals surface area contributed by atoms with Crippen LogP contribution >= 0.6 is 11.3 Å². The number of fused-ring (bicyclic) bond motifs is 1. The molecule has 0 N–H and O–H groups in total. The third kappa shape index (κ3) is 4.96. The summed E-state index contributed by atoms with van der Waals surface area (Å²) in [5.74, 6) is 1.18. The van der Waals surface area contributed by atoms with Gasteiger partial charge in [0.1, 0.15) is 5.52 Å². The summed E-state index contributed by atoms with van der Waals surface area (Å²) in [6.45, 7) is 2.38. The van der Waals surface area contributed by atoms with Crippen molar-refractivity contribution in [3.63, 3.8) is 0 Å². The Labute approximate surface area is 197 Å². The minimum absolute atomic E-state index is 0.0619. The molecule has 1 fully saturated rings. The zero-order chi connectivity index (χ0) is 23.6. The third-order valence-corrected chi connectivity index (χ3v) is 7.67. The Hall–Kier alpha value is -3.11. The Balaban J connectivity index is 1.42. The van der Waals surface area contributed by atoms with Gasteiger partial charge in [-0.2, -0.15) is 0 Å². The number of nitrogens with zero attached hydrogens (tertiary/aromatic N) is 3. The second-order valence-corrected chi connectivity index (χ2v) is 10.6. The smallest absolute Gasteiger partial charge is 0.246 e. The van der Waals surface area contributed by atoms with Gasteiger partial charge in [0.25, 0.3) is 0 Å². The van der Waals surface area contributed by atoms with Gasteiger partial charge in [0, 0.05) is 38.5 Å². The van der Waals surface area contributed by atoms with E-state index in [0.717, 1.165) is 15.4 Å². The summed E-state index contributed by atoms with van der Waals surface area (Å²) in [5.41, 5.74) is 1.35. The molecular weight excluding hydrogens is 462 g/mol. The van der Waals surface area contributed by atoms with Crippen molar-refractivity contribution >= 4 is 48.5 Å². The number of ether oxygens (including phenoxy) is 2. The van der Waals surface area contributed by atoms with Crippen molar-refractivity contribution in [3.8, 4) is 11.5 Å². The number of sulfone groups is 1. The predicted molar refractivity (Wildman–Crippen MR) is 130 cm³/mol. The molecule has 174 valence electrons. The molecule has 1 amide bonds. The maximum Gasteiger partial charge on any atom is 0.246 e. The number of thiazole rings is 1. The van der Waals surface area contributed by atoms with E-state index in [9.17, 15) is 13.2 Å². The number of rotatable bonds is 6. The molecule has 3 aromatic rings. The van der Waals surface area contributed by atoms with Gasteiger partial charge in [-0.3, -0.25) is 4.79 Å². The minimum atomic E-state index is -3.35. The highest BCUT2D eigenvalue weighted by molar-refractivity contribution is 7.91. The first-order valence-corrected chi connectivity index (χ1v) is 13.0. The average molecular weight is 488 g/mol. The lowest BCUT2D eigenvalue weighted by atomic mass is 10.2. The largest absolute Gasteiger partial charge is 0.493 e. The fourth-order valence-corrected chi connectivity index (χ4v) is 5.63. The molecule has 0 radical (unpaired) electrons. The number of benzene rings is 2. The summed E-state index contributed by atoms with van der Waals surface area (Å²) in [5, 5.41) is 0.772. The van der Waals surface area contributed by atoms with Crippen molar-refractivity contribution in [2.24, 2.45) is 0 Å². The number of carbonyl (C=O) groups is 1. The van der Waals surface area contributed by atoms with Crippen molar-refractivity contribution in [2.45, 2.75) is 4.90 Å². The number of para-hydroxylation sites is 1. The zero-order valence-electron chi connectivity index (χ0n) is 18.6. The summed E-state index contributed by atoms with van der Waals surface area (Å²) in [7, 11) is -0.203. The average Bonchev–Trinajstić information content (AvgIpc) is 3.26. The number of amides is 1. The lowest BCUT2D eigenvalue weighted by Crippen LogP contribution is -2.48. The number of aromatic nitrogens is 1. The number of carbonyl (C=O) groups excluding carboxylic acids is 1. The SMILES string of the molecule is COc1ccc(/C=C\C(=O)N2CCN(c3nc4c(S(C)(=O)=O)cccc4s3)CC2)cc1OC.